The van der Waals surface area contributed by atoms with E-state index in [1.54, 1.807) is 18.3 Å². The van der Waals surface area contributed by atoms with Gasteiger partial charge in [-0.15, -0.1) is 10.2 Å². The highest BCUT2D eigenvalue weighted by molar-refractivity contribution is 6.30. The lowest BCUT2D eigenvalue weighted by Gasteiger charge is -2.35. The van der Waals surface area contributed by atoms with Crippen molar-refractivity contribution in [3.05, 3.63) is 47.5 Å². The third kappa shape index (κ3) is 3.69. The Labute approximate surface area is 160 Å². The third-order valence-corrected chi connectivity index (χ3v) is 4.80. The monoisotopic (exact) mass is 386 g/mol. The van der Waals surface area contributed by atoms with Gasteiger partial charge in [0.05, 0.1) is 0 Å². The maximum Gasteiger partial charge on any atom is 0.246 e. The summed E-state index contributed by atoms with van der Waals surface area (Å²) >= 11 is 5.90. The molecule has 1 aromatic carbocycles. The highest BCUT2D eigenvalue weighted by atomic mass is 35.5. The van der Waals surface area contributed by atoms with Crippen LogP contribution in [0.2, 0.25) is 5.02 Å². The van der Waals surface area contributed by atoms with E-state index in [1.807, 2.05) is 34.8 Å². The molecule has 27 heavy (non-hydrogen) atoms. The molecule has 0 bridgehead atoms. The van der Waals surface area contributed by atoms with Crippen LogP contribution < -0.4 is 5.32 Å². The number of benzene rings is 1. The number of imidazole rings is 1. The number of halogens is 1. The van der Waals surface area contributed by atoms with Crippen LogP contribution in [0.3, 0.4) is 0 Å². The van der Waals surface area contributed by atoms with Crippen LogP contribution in [0.15, 0.2) is 36.7 Å². The average Bonchev–Trinajstić information content (AvgIpc) is 3.31. The lowest BCUT2D eigenvalue weighted by Crippen LogP contribution is -2.50. The van der Waals surface area contributed by atoms with Gasteiger partial charge >= 0.3 is 0 Å². The van der Waals surface area contributed by atoms with Crippen molar-refractivity contribution < 1.29 is 4.79 Å². The number of aromatic nitrogens is 6. The molecule has 0 aliphatic carbocycles. The van der Waals surface area contributed by atoms with Gasteiger partial charge in [0.25, 0.3) is 0 Å². The molecule has 3 heterocycles. The molecule has 1 atom stereocenters. The molecular formula is C17H19ClN8O. The molecule has 9 nitrogen and oxygen atoms in total. The molecule has 1 amide bonds. The van der Waals surface area contributed by atoms with Gasteiger partial charge in [-0.2, -0.15) is 4.80 Å². The molecule has 140 valence electrons. The number of hydrogen-bond acceptors (Lipinski definition) is 6. The second-order valence-corrected chi connectivity index (χ2v) is 6.79. The van der Waals surface area contributed by atoms with Crippen molar-refractivity contribution in [2.24, 2.45) is 7.05 Å². The fraction of sp³-hybridized carbons (Fsp3) is 0.353. The Kier molecular flexibility index (Phi) is 4.87. The van der Waals surface area contributed by atoms with E-state index in [9.17, 15) is 4.79 Å². The van der Waals surface area contributed by atoms with Gasteiger partial charge < -0.3 is 14.8 Å². The average molecular weight is 387 g/mol. The first-order valence-corrected chi connectivity index (χ1v) is 9.01. The molecule has 0 spiro atoms. The maximum absolute atomic E-state index is 12.9. The van der Waals surface area contributed by atoms with Gasteiger partial charge in [-0.3, -0.25) is 4.79 Å². The Balaban J connectivity index is 1.49. The van der Waals surface area contributed by atoms with Crippen molar-refractivity contribution in [3.8, 4) is 11.4 Å². The summed E-state index contributed by atoms with van der Waals surface area (Å²) in [6.07, 6.45) is 3.62. The van der Waals surface area contributed by atoms with E-state index in [0.29, 0.717) is 23.9 Å². The van der Waals surface area contributed by atoms with E-state index >= 15 is 0 Å². The van der Waals surface area contributed by atoms with Crippen molar-refractivity contribution in [1.29, 1.82) is 0 Å². The standard InChI is InChI=1S/C17H19ClN8O/c1-24-8-7-20-17(24)14-10-19-6-9-25(14)15(27)11-26-22-16(21-23-26)12-2-4-13(18)5-3-12/h2-5,7-8,14,19H,6,9-11H2,1H3. The molecule has 1 aliphatic heterocycles. The van der Waals surface area contributed by atoms with Crippen LogP contribution in [-0.4, -0.2) is 60.2 Å². The SMILES string of the molecule is Cn1ccnc1C1CNCCN1C(=O)Cn1nnc(-c2ccc(Cl)cc2)n1. The van der Waals surface area contributed by atoms with Gasteiger partial charge in [-0.05, 0) is 29.5 Å². The van der Waals surface area contributed by atoms with E-state index < -0.39 is 0 Å². The molecule has 1 saturated heterocycles. The largest absolute Gasteiger partial charge is 0.336 e. The summed E-state index contributed by atoms with van der Waals surface area (Å²) < 4.78 is 1.93. The number of carbonyl (C=O) groups is 1. The van der Waals surface area contributed by atoms with Gasteiger partial charge in [0.1, 0.15) is 18.4 Å². The fourth-order valence-electron chi connectivity index (χ4n) is 3.17. The number of hydrogen-bond donors (Lipinski definition) is 1. The molecule has 4 rings (SSSR count). The minimum atomic E-state index is -0.120. The van der Waals surface area contributed by atoms with Crippen LogP contribution in [-0.2, 0) is 18.4 Å². The van der Waals surface area contributed by atoms with E-state index in [4.69, 9.17) is 11.6 Å². The minimum Gasteiger partial charge on any atom is -0.336 e. The Bertz CT molecular complexity index is 935. The molecular weight excluding hydrogens is 368 g/mol. The van der Waals surface area contributed by atoms with Crippen LogP contribution in [0.25, 0.3) is 11.4 Å². The molecule has 1 N–H and O–H groups in total. The number of nitrogens with zero attached hydrogens (tertiary/aromatic N) is 7. The number of tetrazole rings is 1. The second-order valence-electron chi connectivity index (χ2n) is 6.35. The van der Waals surface area contributed by atoms with E-state index in [0.717, 1.165) is 17.9 Å². The predicted molar refractivity (Wildman–Crippen MR) is 98.8 cm³/mol. The first kappa shape index (κ1) is 17.6. The summed E-state index contributed by atoms with van der Waals surface area (Å²) in [6, 6.07) is 7.05. The van der Waals surface area contributed by atoms with Gasteiger partial charge in [-0.25, -0.2) is 4.98 Å². The Morgan fingerprint density at radius 1 is 1.33 bits per heavy atom. The molecule has 2 aromatic heterocycles. The van der Waals surface area contributed by atoms with Gasteiger partial charge in [0, 0.05) is 49.7 Å². The summed E-state index contributed by atoms with van der Waals surface area (Å²) in [6.45, 7) is 2.04. The molecule has 0 radical (unpaired) electrons. The Morgan fingerprint density at radius 3 is 2.89 bits per heavy atom. The zero-order valence-electron chi connectivity index (χ0n) is 14.8. The lowest BCUT2D eigenvalue weighted by atomic mass is 10.1. The lowest BCUT2D eigenvalue weighted by molar-refractivity contribution is -0.135. The first-order chi connectivity index (χ1) is 13.1. The minimum absolute atomic E-state index is 0.0293. The number of piperazine rings is 1. The molecule has 0 saturated carbocycles. The number of nitrogens with one attached hydrogen (secondary N) is 1. The van der Waals surface area contributed by atoms with Gasteiger partial charge in [-0.1, -0.05) is 11.6 Å². The van der Waals surface area contributed by atoms with Gasteiger partial charge in [0.2, 0.25) is 11.7 Å². The van der Waals surface area contributed by atoms with Crippen molar-refractivity contribution in [3.63, 3.8) is 0 Å². The number of aryl methyl sites for hydroxylation is 1. The second kappa shape index (κ2) is 7.45. The van der Waals surface area contributed by atoms with E-state index in [2.05, 4.69) is 25.7 Å². The van der Waals surface area contributed by atoms with E-state index in [1.165, 1.54) is 4.80 Å². The summed E-state index contributed by atoms with van der Waals surface area (Å²) in [5.41, 5.74) is 0.797. The molecule has 1 fully saturated rings. The quantitative estimate of drug-likeness (QED) is 0.716. The Hall–Kier alpha value is -2.78. The van der Waals surface area contributed by atoms with Crippen LogP contribution >= 0.6 is 11.6 Å². The number of carbonyl (C=O) groups excluding carboxylic acids is 1. The highest BCUT2D eigenvalue weighted by Gasteiger charge is 2.30. The summed E-state index contributed by atoms with van der Waals surface area (Å²) in [4.78, 5) is 20.4. The summed E-state index contributed by atoms with van der Waals surface area (Å²) in [5, 5.41) is 16.3. The topological polar surface area (TPSA) is 93.8 Å². The Morgan fingerprint density at radius 2 is 2.15 bits per heavy atom. The first-order valence-electron chi connectivity index (χ1n) is 8.63. The number of rotatable bonds is 4. The van der Waals surface area contributed by atoms with Crippen molar-refractivity contribution in [2.75, 3.05) is 19.6 Å². The zero-order chi connectivity index (χ0) is 18.8. The summed E-state index contributed by atoms with van der Waals surface area (Å²) in [7, 11) is 1.93. The summed E-state index contributed by atoms with van der Waals surface area (Å²) in [5.74, 6) is 1.24. The van der Waals surface area contributed by atoms with Crippen LogP contribution in [0, 0.1) is 0 Å². The van der Waals surface area contributed by atoms with Crippen molar-refractivity contribution in [1.82, 2.24) is 40.0 Å². The van der Waals surface area contributed by atoms with Crippen LogP contribution in [0.5, 0.6) is 0 Å². The van der Waals surface area contributed by atoms with Gasteiger partial charge in [0.15, 0.2) is 0 Å². The van der Waals surface area contributed by atoms with E-state index in [-0.39, 0.29) is 18.5 Å². The molecule has 10 heteroatoms. The van der Waals surface area contributed by atoms with Crippen LogP contribution in [0.4, 0.5) is 0 Å². The molecule has 1 unspecified atom stereocenters. The molecule has 1 aliphatic rings. The maximum atomic E-state index is 12.9. The zero-order valence-corrected chi connectivity index (χ0v) is 15.5. The highest BCUT2D eigenvalue weighted by Crippen LogP contribution is 2.21. The third-order valence-electron chi connectivity index (χ3n) is 4.55. The number of amides is 1. The van der Waals surface area contributed by atoms with Crippen molar-refractivity contribution in [2.45, 2.75) is 12.6 Å². The predicted octanol–water partition coefficient (Wildman–Crippen LogP) is 0.900. The van der Waals surface area contributed by atoms with Crippen molar-refractivity contribution >= 4 is 17.5 Å². The van der Waals surface area contributed by atoms with Crippen LogP contribution in [0.1, 0.15) is 11.9 Å². The normalized spacial score (nSPS) is 17.3. The smallest absolute Gasteiger partial charge is 0.246 e. The molecule has 3 aromatic rings. The fourth-order valence-corrected chi connectivity index (χ4v) is 3.29.